The fraction of sp³-hybridized carbons (Fsp3) is 0.636. The fourth-order valence-corrected chi connectivity index (χ4v) is 3.19. The number of nitrogens with zero attached hydrogens (tertiary/aromatic N) is 1. The molecular formula is C11H13NO2. The predicted molar refractivity (Wildman–Crippen MR) is 50.1 cm³/mol. The molecule has 0 spiro atoms. The lowest BCUT2D eigenvalue weighted by molar-refractivity contribution is -0.193. The Hall–Kier alpha value is -1.30. The van der Waals surface area contributed by atoms with Crippen LogP contribution in [0.4, 0.5) is 0 Å². The van der Waals surface area contributed by atoms with E-state index in [4.69, 9.17) is 10.00 Å². The molecule has 0 aromatic heterocycles. The topological polar surface area (TPSA) is 50.1 Å². The third-order valence-electron chi connectivity index (χ3n) is 3.36. The van der Waals surface area contributed by atoms with Crippen molar-refractivity contribution in [2.24, 2.45) is 11.3 Å². The summed E-state index contributed by atoms with van der Waals surface area (Å²) in [7, 11) is 0. The summed E-state index contributed by atoms with van der Waals surface area (Å²) >= 11 is 0. The van der Waals surface area contributed by atoms with E-state index in [-0.39, 0.29) is 17.3 Å². The predicted octanol–water partition coefficient (Wildman–Crippen LogP) is 1.80. The van der Waals surface area contributed by atoms with E-state index in [1.165, 1.54) is 6.08 Å². The summed E-state index contributed by atoms with van der Waals surface area (Å²) in [6.07, 6.45) is 2.14. The van der Waals surface area contributed by atoms with Crippen LogP contribution in [0.5, 0.6) is 0 Å². The summed E-state index contributed by atoms with van der Waals surface area (Å²) in [5.74, 6) is -0.209. The Morgan fingerprint density at radius 1 is 1.64 bits per heavy atom. The van der Waals surface area contributed by atoms with Crippen molar-refractivity contribution in [2.45, 2.75) is 32.8 Å². The van der Waals surface area contributed by atoms with E-state index in [9.17, 15) is 4.79 Å². The molecule has 74 valence electrons. The van der Waals surface area contributed by atoms with Crippen LogP contribution >= 0.6 is 0 Å². The Labute approximate surface area is 83.4 Å². The molecule has 2 aliphatic rings. The van der Waals surface area contributed by atoms with E-state index < -0.39 is 5.60 Å². The second-order valence-corrected chi connectivity index (χ2v) is 4.76. The van der Waals surface area contributed by atoms with Crippen molar-refractivity contribution in [3.05, 3.63) is 11.6 Å². The molecule has 0 amide bonds. The van der Waals surface area contributed by atoms with Gasteiger partial charge in [0.15, 0.2) is 0 Å². The number of hydrogen-bond donors (Lipinski definition) is 0. The highest BCUT2D eigenvalue weighted by Crippen LogP contribution is 2.59. The largest absolute Gasteiger partial charge is 0.455 e. The summed E-state index contributed by atoms with van der Waals surface area (Å²) in [5.41, 5.74) is 0.162. The second-order valence-electron chi connectivity index (χ2n) is 4.76. The first-order valence-corrected chi connectivity index (χ1v) is 4.74. The lowest BCUT2D eigenvalue weighted by Crippen LogP contribution is -2.62. The van der Waals surface area contributed by atoms with E-state index in [0.29, 0.717) is 6.42 Å². The molecule has 0 unspecified atom stereocenters. The molecule has 1 heterocycles. The Bertz CT molecular complexity index is 379. The molecule has 1 saturated carbocycles. The summed E-state index contributed by atoms with van der Waals surface area (Å²) in [5, 5.41) is 9.06. The number of carbonyl (C=O) groups is 1. The molecule has 0 aromatic carbocycles. The molecule has 14 heavy (non-hydrogen) atoms. The van der Waals surface area contributed by atoms with Crippen LogP contribution in [0.15, 0.2) is 11.6 Å². The normalized spacial score (nSPS) is 45.4. The van der Waals surface area contributed by atoms with Gasteiger partial charge in [-0.2, -0.15) is 5.26 Å². The summed E-state index contributed by atoms with van der Waals surface area (Å²) in [4.78, 5) is 11.2. The monoisotopic (exact) mass is 191 g/mol. The number of carbonyl (C=O) groups excluding carboxylic acids is 1. The van der Waals surface area contributed by atoms with Gasteiger partial charge in [-0.3, -0.25) is 0 Å². The lowest BCUT2D eigenvalue weighted by Gasteiger charge is -2.57. The average Bonchev–Trinajstić information content (AvgIpc) is 1.99. The third-order valence-corrected chi connectivity index (χ3v) is 3.36. The smallest absolute Gasteiger partial charge is 0.331 e. The van der Waals surface area contributed by atoms with E-state index in [0.717, 1.165) is 5.57 Å². The van der Waals surface area contributed by atoms with Crippen LogP contribution in [0.2, 0.25) is 0 Å². The Morgan fingerprint density at radius 2 is 2.29 bits per heavy atom. The van der Waals surface area contributed by atoms with E-state index >= 15 is 0 Å². The Balaban J connectivity index is 2.42. The van der Waals surface area contributed by atoms with Crippen molar-refractivity contribution in [2.75, 3.05) is 0 Å². The minimum absolute atomic E-state index is 0.0673. The van der Waals surface area contributed by atoms with Gasteiger partial charge in [-0.05, 0) is 20.8 Å². The van der Waals surface area contributed by atoms with Crippen molar-refractivity contribution in [1.29, 1.82) is 5.26 Å². The lowest BCUT2D eigenvalue weighted by atomic mass is 9.50. The summed E-state index contributed by atoms with van der Waals surface area (Å²) in [6, 6.07) is 2.32. The highest BCUT2D eigenvalue weighted by Gasteiger charge is 2.63. The average molecular weight is 191 g/mol. The van der Waals surface area contributed by atoms with Crippen LogP contribution in [0, 0.1) is 22.7 Å². The van der Waals surface area contributed by atoms with Crippen LogP contribution in [-0.2, 0) is 9.53 Å². The number of esters is 1. The molecule has 0 radical (unpaired) electrons. The molecule has 1 aliphatic heterocycles. The van der Waals surface area contributed by atoms with Gasteiger partial charge in [-0.25, -0.2) is 4.79 Å². The highest BCUT2D eigenvalue weighted by atomic mass is 16.6. The first-order chi connectivity index (χ1) is 6.41. The van der Waals surface area contributed by atoms with Gasteiger partial charge in [-0.1, -0.05) is 5.57 Å². The quantitative estimate of drug-likeness (QED) is 0.548. The molecule has 2 rings (SSSR count). The summed E-state index contributed by atoms with van der Waals surface area (Å²) < 4.78 is 5.27. The fourth-order valence-electron chi connectivity index (χ4n) is 3.19. The van der Waals surface area contributed by atoms with Crippen LogP contribution in [0.3, 0.4) is 0 Å². The molecule has 3 nitrogen and oxygen atoms in total. The maximum absolute atomic E-state index is 11.2. The maximum Gasteiger partial charge on any atom is 0.331 e. The van der Waals surface area contributed by atoms with E-state index in [1.807, 2.05) is 20.8 Å². The van der Waals surface area contributed by atoms with Gasteiger partial charge in [0.2, 0.25) is 0 Å². The Morgan fingerprint density at radius 3 is 2.79 bits per heavy atom. The number of nitriles is 1. The highest BCUT2D eigenvalue weighted by molar-refractivity contribution is 5.85. The molecule has 3 atom stereocenters. The van der Waals surface area contributed by atoms with Crippen molar-refractivity contribution in [3.8, 4) is 6.07 Å². The second kappa shape index (κ2) is 2.38. The van der Waals surface area contributed by atoms with Crippen molar-refractivity contribution in [1.82, 2.24) is 0 Å². The van der Waals surface area contributed by atoms with Crippen LogP contribution in [0.25, 0.3) is 0 Å². The van der Waals surface area contributed by atoms with Crippen LogP contribution in [0.1, 0.15) is 27.2 Å². The van der Waals surface area contributed by atoms with Gasteiger partial charge >= 0.3 is 5.97 Å². The number of fused-ring (bicyclic) bond motifs is 1. The minimum atomic E-state index is -0.444. The first kappa shape index (κ1) is 9.26. The van der Waals surface area contributed by atoms with Gasteiger partial charge < -0.3 is 4.74 Å². The van der Waals surface area contributed by atoms with Crippen LogP contribution in [-0.4, -0.2) is 11.6 Å². The summed E-state index contributed by atoms with van der Waals surface area (Å²) in [6.45, 7) is 5.74. The van der Waals surface area contributed by atoms with Crippen molar-refractivity contribution >= 4 is 5.97 Å². The Kier molecular flexibility index (Phi) is 1.58. The van der Waals surface area contributed by atoms with Crippen LogP contribution < -0.4 is 0 Å². The van der Waals surface area contributed by atoms with Gasteiger partial charge in [-0.15, -0.1) is 0 Å². The van der Waals surface area contributed by atoms with E-state index in [2.05, 4.69) is 6.07 Å². The zero-order valence-electron chi connectivity index (χ0n) is 8.63. The SMILES string of the molecule is CC1=CC(=O)O[C@]2(C)C[C@@](C)(C#N)[C@H]12. The molecular weight excluding hydrogens is 178 g/mol. The number of hydrogen-bond acceptors (Lipinski definition) is 3. The molecule has 1 aliphatic carbocycles. The molecule has 3 heteroatoms. The first-order valence-electron chi connectivity index (χ1n) is 4.74. The number of rotatable bonds is 0. The van der Waals surface area contributed by atoms with Gasteiger partial charge in [0.1, 0.15) is 5.60 Å². The van der Waals surface area contributed by atoms with Gasteiger partial charge in [0.05, 0.1) is 11.5 Å². The van der Waals surface area contributed by atoms with Gasteiger partial charge in [0.25, 0.3) is 0 Å². The maximum atomic E-state index is 11.2. The van der Waals surface area contributed by atoms with Crippen molar-refractivity contribution < 1.29 is 9.53 Å². The zero-order chi connectivity index (χ0) is 10.6. The molecule has 0 N–H and O–H groups in total. The minimum Gasteiger partial charge on any atom is -0.455 e. The third kappa shape index (κ3) is 0.942. The molecule has 0 bridgehead atoms. The molecule has 1 fully saturated rings. The zero-order valence-corrected chi connectivity index (χ0v) is 8.63. The van der Waals surface area contributed by atoms with Gasteiger partial charge in [0, 0.05) is 18.4 Å². The molecule has 0 saturated heterocycles. The standard InChI is InChI=1S/C11H13NO2/c1-7-4-8(13)14-11(3)5-10(2,6-12)9(7)11/h4,9H,5H2,1-3H3/t9-,10-,11+/m0/s1. The van der Waals surface area contributed by atoms with E-state index in [1.54, 1.807) is 0 Å². The van der Waals surface area contributed by atoms with Crippen molar-refractivity contribution in [3.63, 3.8) is 0 Å². The molecule has 0 aromatic rings. The number of ether oxygens (including phenoxy) is 1.